The number of nitrogens with zero attached hydrogens (tertiary/aromatic N) is 1. The van der Waals surface area contributed by atoms with Crippen LogP contribution in [-0.4, -0.2) is 4.98 Å². The minimum absolute atomic E-state index is 0.0795. The number of fused-ring (bicyclic) bond motifs is 2. The molecule has 4 nitrogen and oxygen atoms in total. The maximum Gasteiger partial charge on any atom is 0.261 e. The standard InChI is InChI=1S/C16H9NO3S/c18-15-10-5-1-3-7-12(10)19-9-14(15)21-16-17-11-6-2-4-8-13(11)20-16/h1-9H. The van der Waals surface area contributed by atoms with Crippen LogP contribution in [-0.2, 0) is 0 Å². The van der Waals surface area contributed by atoms with Gasteiger partial charge in [-0.25, -0.2) is 4.98 Å². The first kappa shape index (κ1) is 12.2. The summed E-state index contributed by atoms with van der Waals surface area (Å²) in [7, 11) is 0. The number of benzene rings is 2. The van der Waals surface area contributed by atoms with Gasteiger partial charge in [0.05, 0.1) is 5.39 Å². The fourth-order valence-electron chi connectivity index (χ4n) is 2.12. The number of hydrogen-bond acceptors (Lipinski definition) is 5. The highest BCUT2D eigenvalue weighted by atomic mass is 32.2. The van der Waals surface area contributed by atoms with Crippen molar-refractivity contribution in [2.24, 2.45) is 0 Å². The Balaban J connectivity index is 1.80. The van der Waals surface area contributed by atoms with Gasteiger partial charge >= 0.3 is 0 Å². The van der Waals surface area contributed by atoms with Crippen LogP contribution in [0.1, 0.15) is 0 Å². The van der Waals surface area contributed by atoms with Gasteiger partial charge in [-0.15, -0.1) is 0 Å². The average molecular weight is 295 g/mol. The van der Waals surface area contributed by atoms with Crippen molar-refractivity contribution >= 4 is 33.8 Å². The van der Waals surface area contributed by atoms with Crippen molar-refractivity contribution in [1.29, 1.82) is 0 Å². The number of hydrogen-bond donors (Lipinski definition) is 0. The molecule has 0 saturated carbocycles. The Morgan fingerprint density at radius 2 is 1.71 bits per heavy atom. The Morgan fingerprint density at radius 1 is 0.952 bits per heavy atom. The summed E-state index contributed by atoms with van der Waals surface area (Å²) in [5.74, 6) is 0. The van der Waals surface area contributed by atoms with Crippen LogP contribution in [0.4, 0.5) is 0 Å². The summed E-state index contributed by atoms with van der Waals surface area (Å²) in [4.78, 5) is 17.2. The molecular weight excluding hydrogens is 286 g/mol. The molecule has 2 aromatic carbocycles. The minimum Gasteiger partial charge on any atom is -0.463 e. The third-order valence-corrected chi connectivity index (χ3v) is 3.97. The van der Waals surface area contributed by atoms with Crippen LogP contribution in [0.2, 0.25) is 0 Å². The van der Waals surface area contributed by atoms with Gasteiger partial charge < -0.3 is 8.83 Å². The Labute approximate surface area is 123 Å². The van der Waals surface area contributed by atoms with Crippen molar-refractivity contribution < 1.29 is 8.83 Å². The summed E-state index contributed by atoms with van der Waals surface area (Å²) in [5.41, 5.74) is 1.96. The molecule has 0 N–H and O–H groups in total. The van der Waals surface area contributed by atoms with Crippen LogP contribution in [0.5, 0.6) is 0 Å². The summed E-state index contributed by atoms with van der Waals surface area (Å²) in [6, 6.07) is 14.6. The van der Waals surface area contributed by atoms with Crippen LogP contribution >= 0.6 is 11.8 Å². The van der Waals surface area contributed by atoms with Gasteiger partial charge in [-0.3, -0.25) is 4.79 Å². The summed E-state index contributed by atoms with van der Waals surface area (Å²) < 4.78 is 11.1. The van der Waals surface area contributed by atoms with Crippen LogP contribution < -0.4 is 5.43 Å². The van der Waals surface area contributed by atoms with Gasteiger partial charge in [0.1, 0.15) is 22.3 Å². The van der Waals surface area contributed by atoms with E-state index >= 15 is 0 Å². The molecule has 0 saturated heterocycles. The predicted octanol–water partition coefficient (Wildman–Crippen LogP) is 4.09. The van der Waals surface area contributed by atoms with E-state index in [1.54, 1.807) is 12.1 Å². The predicted molar refractivity (Wildman–Crippen MR) is 80.6 cm³/mol. The highest BCUT2D eigenvalue weighted by molar-refractivity contribution is 7.99. The van der Waals surface area contributed by atoms with E-state index in [0.717, 1.165) is 5.52 Å². The third-order valence-electron chi connectivity index (χ3n) is 3.12. The van der Waals surface area contributed by atoms with Crippen molar-refractivity contribution in [2.75, 3.05) is 0 Å². The third kappa shape index (κ3) is 2.11. The minimum atomic E-state index is -0.0795. The first-order valence-corrected chi connectivity index (χ1v) is 7.17. The average Bonchev–Trinajstić information content (AvgIpc) is 2.93. The van der Waals surface area contributed by atoms with E-state index in [9.17, 15) is 4.79 Å². The van der Waals surface area contributed by atoms with E-state index < -0.39 is 0 Å². The van der Waals surface area contributed by atoms with Gasteiger partial charge in [0, 0.05) is 0 Å². The highest BCUT2D eigenvalue weighted by Crippen LogP contribution is 2.28. The molecule has 0 aliphatic rings. The van der Waals surface area contributed by atoms with Crippen molar-refractivity contribution in [3.8, 4) is 0 Å². The first-order valence-electron chi connectivity index (χ1n) is 6.35. The van der Waals surface area contributed by atoms with E-state index in [0.29, 0.717) is 26.7 Å². The summed E-state index contributed by atoms with van der Waals surface area (Å²) in [5, 5.41) is 0.984. The van der Waals surface area contributed by atoms with Gasteiger partial charge in [0.25, 0.3) is 5.22 Å². The molecule has 0 spiro atoms. The van der Waals surface area contributed by atoms with Crippen molar-refractivity contribution in [3.63, 3.8) is 0 Å². The zero-order valence-electron chi connectivity index (χ0n) is 10.8. The zero-order chi connectivity index (χ0) is 14.2. The molecule has 21 heavy (non-hydrogen) atoms. The van der Waals surface area contributed by atoms with Gasteiger partial charge in [-0.2, -0.15) is 0 Å². The smallest absolute Gasteiger partial charge is 0.261 e. The van der Waals surface area contributed by atoms with Gasteiger partial charge in [0.2, 0.25) is 5.43 Å². The number of oxazole rings is 1. The fourth-order valence-corrected chi connectivity index (χ4v) is 2.88. The molecule has 0 atom stereocenters. The molecule has 2 aromatic heterocycles. The van der Waals surface area contributed by atoms with Crippen LogP contribution in [0.15, 0.2) is 78.5 Å². The number of rotatable bonds is 2. The van der Waals surface area contributed by atoms with E-state index in [1.165, 1.54) is 18.0 Å². The lowest BCUT2D eigenvalue weighted by Gasteiger charge is -1.99. The molecule has 0 fully saturated rings. The number of aromatic nitrogens is 1. The molecule has 0 aliphatic heterocycles. The summed E-state index contributed by atoms with van der Waals surface area (Å²) in [6.45, 7) is 0. The molecular formula is C16H9NO3S. The quantitative estimate of drug-likeness (QED) is 0.557. The second kappa shape index (κ2) is 4.79. The normalized spacial score (nSPS) is 11.2. The lowest BCUT2D eigenvalue weighted by atomic mass is 10.2. The molecule has 0 unspecified atom stereocenters. The van der Waals surface area contributed by atoms with E-state index in [2.05, 4.69) is 4.98 Å². The Hall–Kier alpha value is -2.53. The molecule has 0 radical (unpaired) electrons. The van der Waals surface area contributed by atoms with Gasteiger partial charge in [0.15, 0.2) is 5.58 Å². The van der Waals surface area contributed by atoms with Crippen molar-refractivity contribution in [2.45, 2.75) is 10.1 Å². The topological polar surface area (TPSA) is 56.2 Å². The number of para-hydroxylation sites is 3. The first-order chi connectivity index (χ1) is 10.3. The van der Waals surface area contributed by atoms with E-state index in [-0.39, 0.29) is 5.43 Å². The summed E-state index contributed by atoms with van der Waals surface area (Å²) in [6.07, 6.45) is 1.45. The Kier molecular flexibility index (Phi) is 2.79. The maximum absolute atomic E-state index is 12.4. The monoisotopic (exact) mass is 295 g/mol. The second-order valence-electron chi connectivity index (χ2n) is 4.47. The SMILES string of the molecule is O=c1c(Sc2nc3ccccc3o2)coc2ccccc12. The lowest BCUT2D eigenvalue weighted by Crippen LogP contribution is -2.03. The molecule has 2 heterocycles. The molecule has 4 aromatic rings. The largest absolute Gasteiger partial charge is 0.463 e. The zero-order valence-corrected chi connectivity index (χ0v) is 11.6. The second-order valence-corrected chi connectivity index (χ2v) is 5.47. The maximum atomic E-state index is 12.4. The van der Waals surface area contributed by atoms with E-state index in [1.807, 2.05) is 36.4 Å². The molecule has 5 heteroatoms. The lowest BCUT2D eigenvalue weighted by molar-refractivity contribution is 0.488. The van der Waals surface area contributed by atoms with Crippen molar-refractivity contribution in [3.05, 3.63) is 65.0 Å². The van der Waals surface area contributed by atoms with E-state index in [4.69, 9.17) is 8.83 Å². The Bertz CT molecular complexity index is 970. The van der Waals surface area contributed by atoms with Crippen LogP contribution in [0.25, 0.3) is 22.1 Å². The van der Waals surface area contributed by atoms with Crippen molar-refractivity contribution in [1.82, 2.24) is 4.98 Å². The van der Waals surface area contributed by atoms with Crippen LogP contribution in [0, 0.1) is 0 Å². The molecule has 0 aliphatic carbocycles. The van der Waals surface area contributed by atoms with Crippen LogP contribution in [0.3, 0.4) is 0 Å². The molecule has 4 rings (SSSR count). The summed E-state index contributed by atoms with van der Waals surface area (Å²) >= 11 is 1.17. The molecule has 0 amide bonds. The van der Waals surface area contributed by atoms with Gasteiger partial charge in [-0.05, 0) is 36.0 Å². The Morgan fingerprint density at radius 3 is 2.57 bits per heavy atom. The molecule has 102 valence electrons. The fraction of sp³-hybridized carbons (Fsp3) is 0. The highest BCUT2D eigenvalue weighted by Gasteiger charge is 2.12. The molecule has 0 bridgehead atoms. The van der Waals surface area contributed by atoms with Gasteiger partial charge in [-0.1, -0.05) is 24.3 Å².